The SMILES string of the molecule is COc1cccc(/C=N/NS(=O)(=O)c2cccc([N+](=O)[O-])c2)c1. The van der Waals surface area contributed by atoms with Gasteiger partial charge in [0.25, 0.3) is 15.7 Å². The van der Waals surface area contributed by atoms with Crippen LogP contribution in [0.15, 0.2) is 58.5 Å². The van der Waals surface area contributed by atoms with Crippen LogP contribution in [0.4, 0.5) is 5.69 Å². The van der Waals surface area contributed by atoms with E-state index in [9.17, 15) is 18.5 Å². The highest BCUT2D eigenvalue weighted by atomic mass is 32.2. The molecule has 9 heteroatoms. The molecule has 0 saturated heterocycles. The first-order valence-electron chi connectivity index (χ1n) is 6.36. The number of ether oxygens (including phenoxy) is 1. The van der Waals surface area contributed by atoms with Gasteiger partial charge in [0.1, 0.15) is 5.75 Å². The van der Waals surface area contributed by atoms with Gasteiger partial charge in [-0.25, -0.2) is 4.83 Å². The van der Waals surface area contributed by atoms with Crippen LogP contribution in [0.1, 0.15) is 5.56 Å². The molecule has 0 heterocycles. The maximum atomic E-state index is 12.0. The second-order valence-electron chi connectivity index (χ2n) is 4.38. The monoisotopic (exact) mass is 335 g/mol. The van der Waals surface area contributed by atoms with Gasteiger partial charge >= 0.3 is 0 Å². The summed E-state index contributed by atoms with van der Waals surface area (Å²) in [5.74, 6) is 0.607. The van der Waals surface area contributed by atoms with Crippen LogP contribution in [0, 0.1) is 10.1 Å². The zero-order chi connectivity index (χ0) is 16.9. The zero-order valence-electron chi connectivity index (χ0n) is 12.0. The van der Waals surface area contributed by atoms with Gasteiger partial charge in [-0.1, -0.05) is 18.2 Å². The van der Waals surface area contributed by atoms with Crippen LogP contribution < -0.4 is 9.57 Å². The lowest BCUT2D eigenvalue weighted by molar-refractivity contribution is -0.385. The molecule has 0 radical (unpaired) electrons. The van der Waals surface area contributed by atoms with Crippen molar-refractivity contribution in [1.29, 1.82) is 0 Å². The molecule has 23 heavy (non-hydrogen) atoms. The van der Waals surface area contributed by atoms with Crippen molar-refractivity contribution in [1.82, 2.24) is 4.83 Å². The molecule has 120 valence electrons. The third-order valence-electron chi connectivity index (χ3n) is 2.82. The molecule has 2 aromatic rings. The van der Waals surface area contributed by atoms with Gasteiger partial charge in [-0.05, 0) is 23.8 Å². The number of nitrogens with one attached hydrogen (secondary N) is 1. The molecule has 0 bridgehead atoms. The molecule has 0 atom stereocenters. The maximum Gasteiger partial charge on any atom is 0.276 e. The first kappa shape index (κ1) is 16.4. The van der Waals surface area contributed by atoms with Crippen LogP contribution >= 0.6 is 0 Å². The van der Waals surface area contributed by atoms with Gasteiger partial charge in [0, 0.05) is 12.1 Å². The van der Waals surface area contributed by atoms with Gasteiger partial charge < -0.3 is 4.74 Å². The summed E-state index contributed by atoms with van der Waals surface area (Å²) in [5.41, 5.74) is 0.316. The summed E-state index contributed by atoms with van der Waals surface area (Å²) in [6.07, 6.45) is 1.30. The van der Waals surface area contributed by atoms with Crippen LogP contribution in [-0.2, 0) is 10.0 Å². The number of non-ortho nitro benzene ring substituents is 1. The number of nitrogens with zero attached hydrogens (tertiary/aromatic N) is 2. The Morgan fingerprint density at radius 1 is 1.22 bits per heavy atom. The van der Waals surface area contributed by atoms with Crippen LogP contribution in [0.3, 0.4) is 0 Å². The highest BCUT2D eigenvalue weighted by Gasteiger charge is 2.16. The topological polar surface area (TPSA) is 111 Å². The van der Waals surface area contributed by atoms with Crippen molar-refractivity contribution < 1.29 is 18.1 Å². The van der Waals surface area contributed by atoms with E-state index in [1.54, 1.807) is 24.3 Å². The van der Waals surface area contributed by atoms with Crippen LogP contribution in [0.25, 0.3) is 0 Å². The Balaban J connectivity index is 2.16. The fourth-order valence-electron chi connectivity index (χ4n) is 1.71. The highest BCUT2D eigenvalue weighted by molar-refractivity contribution is 7.89. The van der Waals surface area contributed by atoms with E-state index < -0.39 is 14.9 Å². The summed E-state index contributed by atoms with van der Waals surface area (Å²) in [4.78, 5) is 11.8. The van der Waals surface area contributed by atoms with E-state index in [0.29, 0.717) is 11.3 Å². The lowest BCUT2D eigenvalue weighted by atomic mass is 10.2. The molecule has 0 unspecified atom stereocenters. The average molecular weight is 335 g/mol. The van der Waals surface area contributed by atoms with Crippen molar-refractivity contribution in [3.05, 3.63) is 64.2 Å². The Kier molecular flexibility index (Phi) is 4.91. The Morgan fingerprint density at radius 3 is 2.65 bits per heavy atom. The maximum absolute atomic E-state index is 12.0. The van der Waals surface area contributed by atoms with Crippen LogP contribution in [-0.4, -0.2) is 26.7 Å². The quantitative estimate of drug-likeness (QED) is 0.492. The minimum absolute atomic E-state index is 0.241. The van der Waals surface area contributed by atoms with Crippen molar-refractivity contribution in [3.8, 4) is 5.75 Å². The number of nitro benzene ring substituents is 1. The molecule has 8 nitrogen and oxygen atoms in total. The second kappa shape index (κ2) is 6.88. The van der Waals surface area contributed by atoms with E-state index in [0.717, 1.165) is 6.07 Å². The smallest absolute Gasteiger partial charge is 0.276 e. The zero-order valence-corrected chi connectivity index (χ0v) is 12.9. The van der Waals surface area contributed by atoms with Crippen molar-refractivity contribution in [3.63, 3.8) is 0 Å². The first-order valence-corrected chi connectivity index (χ1v) is 7.84. The molecule has 0 amide bonds. The highest BCUT2D eigenvalue weighted by Crippen LogP contribution is 2.17. The van der Waals surface area contributed by atoms with E-state index in [-0.39, 0.29) is 10.6 Å². The number of hydrogen-bond donors (Lipinski definition) is 1. The minimum atomic E-state index is -3.99. The van der Waals surface area contributed by atoms with Crippen molar-refractivity contribution in [2.45, 2.75) is 4.90 Å². The van der Waals surface area contributed by atoms with E-state index >= 15 is 0 Å². The molecule has 0 aliphatic rings. The summed E-state index contributed by atoms with van der Waals surface area (Å²) < 4.78 is 29.1. The average Bonchev–Trinajstić information content (AvgIpc) is 2.55. The Labute approximate surface area is 132 Å². The molecule has 2 aromatic carbocycles. The number of rotatable bonds is 6. The van der Waals surface area contributed by atoms with Crippen molar-refractivity contribution >= 4 is 21.9 Å². The molecule has 0 aromatic heterocycles. The molecule has 0 aliphatic heterocycles. The van der Waals surface area contributed by atoms with Gasteiger partial charge in [0.15, 0.2) is 0 Å². The lowest BCUT2D eigenvalue weighted by Gasteiger charge is -2.03. The molecule has 0 aliphatic carbocycles. The van der Waals surface area contributed by atoms with Gasteiger partial charge in [-0.2, -0.15) is 13.5 Å². The summed E-state index contributed by atoms with van der Waals surface area (Å²) in [6.45, 7) is 0. The molecule has 1 N–H and O–H groups in total. The van der Waals surface area contributed by atoms with Crippen LogP contribution in [0.5, 0.6) is 5.75 Å². The summed E-state index contributed by atoms with van der Waals surface area (Å²) in [5, 5.41) is 14.3. The van der Waals surface area contributed by atoms with E-state index in [1.165, 1.54) is 31.5 Å². The molecular weight excluding hydrogens is 322 g/mol. The van der Waals surface area contributed by atoms with E-state index in [1.807, 2.05) is 4.83 Å². The molecule has 0 saturated carbocycles. The van der Waals surface area contributed by atoms with Gasteiger partial charge in [-0.3, -0.25) is 10.1 Å². The predicted molar refractivity (Wildman–Crippen MR) is 84.0 cm³/mol. The summed E-state index contributed by atoms with van der Waals surface area (Å²) in [6, 6.07) is 11.6. The Bertz CT molecular complexity index is 849. The summed E-state index contributed by atoms with van der Waals surface area (Å²) in [7, 11) is -2.47. The number of nitro groups is 1. The number of methoxy groups -OCH3 is 1. The Hall–Kier alpha value is -2.94. The predicted octanol–water partition coefficient (Wildman–Crippen LogP) is 1.92. The lowest BCUT2D eigenvalue weighted by Crippen LogP contribution is -2.18. The molecule has 0 spiro atoms. The van der Waals surface area contributed by atoms with Gasteiger partial charge in [-0.15, -0.1) is 0 Å². The van der Waals surface area contributed by atoms with Crippen molar-refractivity contribution in [2.75, 3.05) is 7.11 Å². The number of hydrogen-bond acceptors (Lipinski definition) is 6. The molecular formula is C14H13N3O5S. The standard InChI is InChI=1S/C14H13N3O5S/c1-22-13-6-2-4-11(8-13)10-15-16-23(20,21)14-7-3-5-12(9-14)17(18)19/h2-10,16H,1H3/b15-10+. The number of benzene rings is 2. The normalized spacial score (nSPS) is 11.3. The third-order valence-corrected chi connectivity index (χ3v) is 4.04. The largest absolute Gasteiger partial charge is 0.497 e. The van der Waals surface area contributed by atoms with Gasteiger partial charge in [0.05, 0.1) is 23.1 Å². The fourth-order valence-corrected chi connectivity index (χ4v) is 2.54. The fraction of sp³-hybridized carbons (Fsp3) is 0.0714. The van der Waals surface area contributed by atoms with Gasteiger partial charge in [0.2, 0.25) is 0 Å². The van der Waals surface area contributed by atoms with Crippen LogP contribution in [0.2, 0.25) is 0 Å². The Morgan fingerprint density at radius 2 is 1.96 bits per heavy atom. The third kappa shape index (κ3) is 4.27. The number of sulfonamides is 1. The molecule has 2 rings (SSSR count). The van der Waals surface area contributed by atoms with Crippen molar-refractivity contribution in [2.24, 2.45) is 5.10 Å². The van der Waals surface area contributed by atoms with E-state index in [4.69, 9.17) is 4.74 Å². The van der Waals surface area contributed by atoms with E-state index in [2.05, 4.69) is 5.10 Å². The second-order valence-corrected chi connectivity index (χ2v) is 6.04. The molecule has 0 fully saturated rings. The first-order chi connectivity index (χ1) is 10.9. The minimum Gasteiger partial charge on any atom is -0.497 e. The number of hydrazone groups is 1. The summed E-state index contributed by atoms with van der Waals surface area (Å²) >= 11 is 0.